The third-order valence-corrected chi connectivity index (χ3v) is 3.69. The summed E-state index contributed by atoms with van der Waals surface area (Å²) < 4.78 is 5.14. The number of aromatic nitrogens is 4. The number of ether oxygens (including phenoxy) is 1. The van der Waals surface area contributed by atoms with E-state index >= 15 is 0 Å². The van der Waals surface area contributed by atoms with E-state index in [0.29, 0.717) is 22.4 Å². The summed E-state index contributed by atoms with van der Waals surface area (Å²) in [4.78, 5) is 35.7. The van der Waals surface area contributed by atoms with Crippen molar-refractivity contribution in [2.75, 3.05) is 7.11 Å². The van der Waals surface area contributed by atoms with Crippen LogP contribution in [0.5, 0.6) is 5.75 Å². The molecule has 23 heavy (non-hydrogen) atoms. The molecule has 2 heterocycles. The maximum absolute atomic E-state index is 11.4. The maximum atomic E-state index is 11.4. The minimum Gasteiger partial charge on any atom is -0.497 e. The Morgan fingerprint density at radius 3 is 2.17 bits per heavy atom. The average molecular weight is 308 g/mol. The zero-order valence-corrected chi connectivity index (χ0v) is 12.1. The molecular weight excluding hydrogens is 296 g/mol. The van der Waals surface area contributed by atoms with Gasteiger partial charge in [0.05, 0.1) is 29.2 Å². The van der Waals surface area contributed by atoms with Crippen LogP contribution in [0.2, 0.25) is 0 Å². The van der Waals surface area contributed by atoms with Gasteiger partial charge < -0.3 is 19.7 Å². The van der Waals surface area contributed by atoms with Gasteiger partial charge in [-0.3, -0.25) is 9.59 Å². The van der Waals surface area contributed by atoms with E-state index in [1.54, 1.807) is 19.2 Å². The molecular formula is C16H12N4O3. The fraction of sp³-hybridized carbons (Fsp3) is 0.0625. The van der Waals surface area contributed by atoms with E-state index < -0.39 is 11.1 Å². The van der Waals surface area contributed by atoms with Crippen molar-refractivity contribution in [1.82, 2.24) is 19.9 Å². The Bertz CT molecular complexity index is 1070. The molecule has 0 fully saturated rings. The second-order valence-electron chi connectivity index (χ2n) is 5.14. The van der Waals surface area contributed by atoms with Crippen LogP contribution in [0, 0.1) is 0 Å². The van der Waals surface area contributed by atoms with Gasteiger partial charge in [-0.15, -0.1) is 0 Å². The Labute approximate surface area is 129 Å². The lowest BCUT2D eigenvalue weighted by molar-refractivity contribution is 0.415. The van der Waals surface area contributed by atoms with E-state index in [-0.39, 0.29) is 0 Å². The summed E-state index contributed by atoms with van der Waals surface area (Å²) in [7, 11) is 1.61. The summed E-state index contributed by atoms with van der Waals surface area (Å²) in [6.07, 6.45) is 0. The maximum Gasteiger partial charge on any atom is 0.314 e. The lowest BCUT2D eigenvalue weighted by Crippen LogP contribution is -2.28. The summed E-state index contributed by atoms with van der Waals surface area (Å²) in [5.74, 6) is 1.47. The highest BCUT2D eigenvalue weighted by Crippen LogP contribution is 2.24. The lowest BCUT2D eigenvalue weighted by atomic mass is 10.2. The number of rotatable bonds is 2. The van der Waals surface area contributed by atoms with E-state index in [2.05, 4.69) is 19.9 Å². The molecule has 2 aromatic heterocycles. The molecule has 4 aromatic rings. The smallest absolute Gasteiger partial charge is 0.314 e. The van der Waals surface area contributed by atoms with E-state index in [4.69, 9.17) is 4.74 Å². The van der Waals surface area contributed by atoms with Gasteiger partial charge in [-0.1, -0.05) is 0 Å². The standard InChI is InChI=1S/C16H12N4O3/c1-23-9-4-2-8(3-5-9)14-17-10-6-12-13(7-11(10)18-14)20-16(22)15(21)19-12/h2-7H,1H3,(H,17,18)(H,19,21)(H,20,22). The molecule has 7 heteroatoms. The van der Waals surface area contributed by atoms with Crippen molar-refractivity contribution in [1.29, 1.82) is 0 Å². The second-order valence-corrected chi connectivity index (χ2v) is 5.14. The molecule has 3 N–H and O–H groups in total. The van der Waals surface area contributed by atoms with Crippen molar-refractivity contribution in [3.8, 4) is 17.1 Å². The van der Waals surface area contributed by atoms with Gasteiger partial charge in [0, 0.05) is 5.56 Å². The van der Waals surface area contributed by atoms with E-state index in [1.165, 1.54) is 0 Å². The number of nitrogens with zero attached hydrogens (tertiary/aromatic N) is 1. The molecule has 0 saturated carbocycles. The van der Waals surface area contributed by atoms with Gasteiger partial charge in [0.1, 0.15) is 11.6 Å². The van der Waals surface area contributed by atoms with Gasteiger partial charge in [-0.05, 0) is 36.4 Å². The summed E-state index contributed by atoms with van der Waals surface area (Å²) >= 11 is 0. The van der Waals surface area contributed by atoms with Crippen LogP contribution < -0.4 is 15.9 Å². The van der Waals surface area contributed by atoms with Gasteiger partial charge in [-0.25, -0.2) is 4.98 Å². The highest BCUT2D eigenvalue weighted by Gasteiger charge is 2.08. The van der Waals surface area contributed by atoms with Crippen LogP contribution in [0.25, 0.3) is 33.5 Å². The van der Waals surface area contributed by atoms with Gasteiger partial charge in [0.15, 0.2) is 0 Å². The molecule has 0 atom stereocenters. The molecule has 0 saturated heterocycles. The zero-order valence-electron chi connectivity index (χ0n) is 12.1. The zero-order chi connectivity index (χ0) is 16.0. The van der Waals surface area contributed by atoms with Crippen LogP contribution >= 0.6 is 0 Å². The molecule has 0 spiro atoms. The number of benzene rings is 2. The quantitative estimate of drug-likeness (QED) is 0.491. The number of fused-ring (bicyclic) bond motifs is 2. The van der Waals surface area contributed by atoms with Crippen LogP contribution in [0.4, 0.5) is 0 Å². The molecule has 0 radical (unpaired) electrons. The largest absolute Gasteiger partial charge is 0.497 e. The number of nitrogens with one attached hydrogen (secondary N) is 3. The molecule has 4 rings (SSSR count). The van der Waals surface area contributed by atoms with Crippen molar-refractivity contribution in [2.24, 2.45) is 0 Å². The van der Waals surface area contributed by atoms with Crippen LogP contribution in [-0.4, -0.2) is 27.0 Å². The molecule has 2 aromatic carbocycles. The molecule has 0 aliphatic carbocycles. The van der Waals surface area contributed by atoms with Crippen molar-refractivity contribution >= 4 is 22.1 Å². The summed E-state index contributed by atoms with van der Waals surface area (Å²) in [6, 6.07) is 11.0. The summed E-state index contributed by atoms with van der Waals surface area (Å²) in [5, 5.41) is 0. The first-order valence-corrected chi connectivity index (χ1v) is 6.94. The summed E-state index contributed by atoms with van der Waals surface area (Å²) in [6.45, 7) is 0. The van der Waals surface area contributed by atoms with Crippen molar-refractivity contribution < 1.29 is 4.74 Å². The molecule has 7 nitrogen and oxygen atoms in total. The number of aromatic amines is 3. The van der Waals surface area contributed by atoms with E-state index in [1.807, 2.05) is 24.3 Å². The highest BCUT2D eigenvalue weighted by atomic mass is 16.5. The van der Waals surface area contributed by atoms with Gasteiger partial charge in [-0.2, -0.15) is 0 Å². The molecule has 114 valence electrons. The van der Waals surface area contributed by atoms with Crippen LogP contribution in [0.1, 0.15) is 0 Å². The monoisotopic (exact) mass is 308 g/mol. The Morgan fingerprint density at radius 2 is 1.52 bits per heavy atom. The van der Waals surface area contributed by atoms with Crippen molar-refractivity contribution in [3.05, 3.63) is 57.1 Å². The van der Waals surface area contributed by atoms with Crippen LogP contribution in [-0.2, 0) is 0 Å². The number of methoxy groups -OCH3 is 1. The van der Waals surface area contributed by atoms with Gasteiger partial charge in [0.2, 0.25) is 0 Å². The number of H-pyrrole nitrogens is 3. The molecule has 0 aliphatic rings. The average Bonchev–Trinajstić information content (AvgIpc) is 2.97. The third-order valence-electron chi connectivity index (χ3n) is 3.69. The SMILES string of the molecule is COc1ccc(-c2nc3cc4[nH]c(=O)c(=O)[nH]c4cc3[nH]2)cc1. The number of hydrogen-bond acceptors (Lipinski definition) is 4. The Kier molecular flexibility index (Phi) is 2.80. The van der Waals surface area contributed by atoms with Gasteiger partial charge in [0.25, 0.3) is 0 Å². The Balaban J connectivity index is 1.90. The molecule has 0 unspecified atom stereocenters. The first-order valence-electron chi connectivity index (χ1n) is 6.94. The van der Waals surface area contributed by atoms with Crippen molar-refractivity contribution in [2.45, 2.75) is 0 Å². The number of hydrogen-bond donors (Lipinski definition) is 3. The van der Waals surface area contributed by atoms with Crippen LogP contribution in [0.3, 0.4) is 0 Å². The number of imidazole rings is 1. The predicted molar refractivity (Wildman–Crippen MR) is 86.8 cm³/mol. The fourth-order valence-electron chi connectivity index (χ4n) is 2.51. The van der Waals surface area contributed by atoms with Gasteiger partial charge >= 0.3 is 11.1 Å². The minimum absolute atomic E-state index is 0.537. The molecule has 0 amide bonds. The molecule has 0 bridgehead atoms. The van der Waals surface area contributed by atoms with E-state index in [0.717, 1.165) is 16.8 Å². The van der Waals surface area contributed by atoms with E-state index in [9.17, 15) is 9.59 Å². The Hall–Kier alpha value is -3.35. The van der Waals surface area contributed by atoms with Crippen LogP contribution in [0.15, 0.2) is 46.0 Å². The molecule has 0 aliphatic heterocycles. The minimum atomic E-state index is -0.678. The first-order chi connectivity index (χ1) is 11.1. The lowest BCUT2D eigenvalue weighted by Gasteiger charge is -2.00. The summed E-state index contributed by atoms with van der Waals surface area (Å²) in [5.41, 5.74) is 2.11. The Morgan fingerprint density at radius 1 is 0.870 bits per heavy atom. The first kappa shape index (κ1) is 13.3. The second kappa shape index (κ2) is 4.84. The fourth-order valence-corrected chi connectivity index (χ4v) is 2.51. The highest BCUT2D eigenvalue weighted by molar-refractivity contribution is 5.92. The topological polar surface area (TPSA) is 104 Å². The predicted octanol–water partition coefficient (Wildman–Crippen LogP) is 1.77. The van der Waals surface area contributed by atoms with Crippen molar-refractivity contribution in [3.63, 3.8) is 0 Å². The normalized spacial score (nSPS) is 11.2. The third kappa shape index (κ3) is 2.18.